The van der Waals surface area contributed by atoms with Crippen molar-refractivity contribution in [1.29, 1.82) is 0 Å². The Labute approximate surface area is 142 Å². The standard InChI is InChI=1S/C17H28N2O5/c1-2-24-16(21)14-4-3-9-19(12-14)15(20)6-5-13-7-10-18(11-8-13)17(22)23/h13-14H,2-12H2,1H3,(H,22,23)/t14-/m1/s1. The third-order valence-corrected chi connectivity index (χ3v) is 5.05. The number of carboxylic acid groups (broad SMARTS) is 1. The number of carbonyl (C=O) groups excluding carboxylic acids is 2. The predicted molar refractivity (Wildman–Crippen MR) is 87.5 cm³/mol. The van der Waals surface area contributed by atoms with Gasteiger partial charge in [0.1, 0.15) is 0 Å². The minimum Gasteiger partial charge on any atom is -0.466 e. The Bertz CT molecular complexity index is 460. The van der Waals surface area contributed by atoms with Crippen LogP contribution in [0.4, 0.5) is 4.79 Å². The van der Waals surface area contributed by atoms with E-state index in [9.17, 15) is 14.4 Å². The first kappa shape index (κ1) is 18.5. The van der Waals surface area contributed by atoms with Gasteiger partial charge < -0.3 is 19.6 Å². The number of ether oxygens (including phenoxy) is 1. The number of piperidine rings is 2. The summed E-state index contributed by atoms with van der Waals surface area (Å²) in [6.45, 7) is 4.46. The highest BCUT2D eigenvalue weighted by Gasteiger charge is 2.30. The molecule has 2 fully saturated rings. The van der Waals surface area contributed by atoms with Crippen molar-refractivity contribution in [3.63, 3.8) is 0 Å². The van der Waals surface area contributed by atoms with Crippen LogP contribution in [0, 0.1) is 11.8 Å². The summed E-state index contributed by atoms with van der Waals surface area (Å²) >= 11 is 0. The number of hydrogen-bond acceptors (Lipinski definition) is 4. The summed E-state index contributed by atoms with van der Waals surface area (Å²) < 4.78 is 5.06. The van der Waals surface area contributed by atoms with Crippen molar-refractivity contribution in [2.24, 2.45) is 11.8 Å². The zero-order valence-electron chi connectivity index (χ0n) is 14.4. The van der Waals surface area contributed by atoms with Crippen LogP contribution in [0.15, 0.2) is 0 Å². The van der Waals surface area contributed by atoms with Gasteiger partial charge in [0.15, 0.2) is 0 Å². The van der Waals surface area contributed by atoms with E-state index in [4.69, 9.17) is 9.84 Å². The first-order valence-electron chi connectivity index (χ1n) is 8.93. The SMILES string of the molecule is CCOC(=O)[C@@H]1CCCN(C(=O)CCC2CCN(C(=O)O)CC2)C1. The van der Waals surface area contributed by atoms with E-state index in [1.807, 2.05) is 0 Å². The summed E-state index contributed by atoms with van der Waals surface area (Å²) in [5.74, 6) is 0.123. The molecule has 2 heterocycles. The largest absolute Gasteiger partial charge is 0.466 e. The summed E-state index contributed by atoms with van der Waals surface area (Å²) in [6.07, 6.45) is 3.70. The van der Waals surface area contributed by atoms with Crippen molar-refractivity contribution in [2.45, 2.75) is 45.4 Å². The molecule has 2 amide bonds. The highest BCUT2D eigenvalue weighted by Crippen LogP contribution is 2.24. The molecule has 7 nitrogen and oxygen atoms in total. The van der Waals surface area contributed by atoms with Crippen molar-refractivity contribution >= 4 is 18.0 Å². The molecule has 0 aliphatic carbocycles. The maximum absolute atomic E-state index is 12.4. The lowest BCUT2D eigenvalue weighted by molar-refractivity contribution is -0.151. The Hall–Kier alpha value is -1.79. The Kier molecular flexibility index (Phi) is 6.87. The molecule has 0 bridgehead atoms. The topological polar surface area (TPSA) is 87.2 Å². The molecule has 7 heteroatoms. The van der Waals surface area contributed by atoms with Crippen LogP contribution in [0.3, 0.4) is 0 Å². The number of nitrogens with zero attached hydrogens (tertiary/aromatic N) is 2. The number of carbonyl (C=O) groups is 3. The van der Waals surface area contributed by atoms with Crippen LogP contribution >= 0.6 is 0 Å². The maximum atomic E-state index is 12.4. The molecule has 24 heavy (non-hydrogen) atoms. The molecule has 2 aliphatic rings. The highest BCUT2D eigenvalue weighted by molar-refractivity contribution is 5.78. The van der Waals surface area contributed by atoms with E-state index in [1.165, 1.54) is 4.90 Å². The molecule has 1 atom stereocenters. The summed E-state index contributed by atoms with van der Waals surface area (Å²) in [5.41, 5.74) is 0. The van der Waals surface area contributed by atoms with E-state index in [0.29, 0.717) is 45.1 Å². The van der Waals surface area contributed by atoms with E-state index >= 15 is 0 Å². The Morgan fingerprint density at radius 3 is 2.42 bits per heavy atom. The lowest BCUT2D eigenvalue weighted by Crippen LogP contribution is -2.43. The van der Waals surface area contributed by atoms with Gasteiger partial charge in [0, 0.05) is 32.6 Å². The molecule has 1 N–H and O–H groups in total. The molecule has 0 radical (unpaired) electrons. The van der Waals surface area contributed by atoms with E-state index < -0.39 is 6.09 Å². The van der Waals surface area contributed by atoms with Gasteiger partial charge in [0.25, 0.3) is 0 Å². The second kappa shape index (κ2) is 8.89. The van der Waals surface area contributed by atoms with Gasteiger partial charge in [0.05, 0.1) is 12.5 Å². The molecule has 0 saturated carbocycles. The van der Waals surface area contributed by atoms with Crippen LogP contribution in [-0.4, -0.2) is 65.7 Å². The normalized spacial score (nSPS) is 22.3. The van der Waals surface area contributed by atoms with Gasteiger partial charge in [-0.05, 0) is 44.9 Å². The van der Waals surface area contributed by atoms with E-state index in [0.717, 1.165) is 32.1 Å². The van der Waals surface area contributed by atoms with Crippen molar-refractivity contribution < 1.29 is 24.2 Å². The lowest BCUT2D eigenvalue weighted by atomic mass is 9.91. The van der Waals surface area contributed by atoms with Gasteiger partial charge >= 0.3 is 12.1 Å². The Balaban J connectivity index is 1.72. The van der Waals surface area contributed by atoms with E-state index in [2.05, 4.69) is 0 Å². The molecular weight excluding hydrogens is 312 g/mol. The fourth-order valence-electron chi connectivity index (χ4n) is 3.55. The van der Waals surface area contributed by atoms with E-state index in [-0.39, 0.29) is 17.8 Å². The van der Waals surface area contributed by atoms with Crippen molar-refractivity contribution in [2.75, 3.05) is 32.8 Å². The zero-order chi connectivity index (χ0) is 17.5. The van der Waals surface area contributed by atoms with Gasteiger partial charge in [-0.25, -0.2) is 4.79 Å². The predicted octanol–water partition coefficient (Wildman–Crippen LogP) is 1.96. The highest BCUT2D eigenvalue weighted by atomic mass is 16.5. The first-order valence-corrected chi connectivity index (χ1v) is 8.93. The van der Waals surface area contributed by atoms with Crippen LogP contribution in [0.2, 0.25) is 0 Å². The van der Waals surface area contributed by atoms with Crippen LogP contribution in [0.25, 0.3) is 0 Å². The summed E-state index contributed by atoms with van der Waals surface area (Å²) in [4.78, 5) is 38.4. The smallest absolute Gasteiger partial charge is 0.407 e. The summed E-state index contributed by atoms with van der Waals surface area (Å²) in [6, 6.07) is 0. The van der Waals surface area contributed by atoms with Gasteiger partial charge in [0.2, 0.25) is 5.91 Å². The number of amides is 2. The monoisotopic (exact) mass is 340 g/mol. The van der Waals surface area contributed by atoms with Crippen LogP contribution in [0.1, 0.15) is 45.4 Å². The molecule has 0 aromatic rings. The number of hydrogen-bond donors (Lipinski definition) is 1. The molecule has 136 valence electrons. The molecule has 0 unspecified atom stereocenters. The third-order valence-electron chi connectivity index (χ3n) is 5.05. The second-order valence-corrected chi connectivity index (χ2v) is 6.68. The number of esters is 1. The first-order chi connectivity index (χ1) is 11.5. The molecule has 2 aliphatic heterocycles. The minimum absolute atomic E-state index is 0.102. The Morgan fingerprint density at radius 2 is 1.79 bits per heavy atom. The van der Waals surface area contributed by atoms with Gasteiger partial charge in [-0.15, -0.1) is 0 Å². The average Bonchev–Trinajstić information content (AvgIpc) is 2.60. The van der Waals surface area contributed by atoms with Crippen molar-refractivity contribution in [3.8, 4) is 0 Å². The van der Waals surface area contributed by atoms with Crippen molar-refractivity contribution in [3.05, 3.63) is 0 Å². The quantitative estimate of drug-likeness (QED) is 0.773. The fraction of sp³-hybridized carbons (Fsp3) is 0.824. The zero-order valence-corrected chi connectivity index (χ0v) is 14.4. The number of rotatable bonds is 5. The fourth-order valence-corrected chi connectivity index (χ4v) is 3.55. The average molecular weight is 340 g/mol. The van der Waals surface area contributed by atoms with Crippen molar-refractivity contribution in [1.82, 2.24) is 9.80 Å². The molecular formula is C17H28N2O5. The lowest BCUT2D eigenvalue weighted by Gasteiger charge is -2.33. The van der Waals surface area contributed by atoms with Crippen LogP contribution in [0.5, 0.6) is 0 Å². The molecule has 2 saturated heterocycles. The second-order valence-electron chi connectivity index (χ2n) is 6.68. The van der Waals surface area contributed by atoms with Gasteiger partial charge in [-0.2, -0.15) is 0 Å². The Morgan fingerprint density at radius 1 is 1.08 bits per heavy atom. The van der Waals surface area contributed by atoms with Gasteiger partial charge in [-0.1, -0.05) is 0 Å². The van der Waals surface area contributed by atoms with Gasteiger partial charge in [-0.3, -0.25) is 9.59 Å². The molecule has 2 rings (SSSR count). The molecule has 0 aromatic heterocycles. The number of likely N-dealkylation sites (tertiary alicyclic amines) is 2. The maximum Gasteiger partial charge on any atom is 0.407 e. The minimum atomic E-state index is -0.858. The third kappa shape index (κ3) is 5.11. The summed E-state index contributed by atoms with van der Waals surface area (Å²) in [7, 11) is 0. The van der Waals surface area contributed by atoms with E-state index in [1.54, 1.807) is 11.8 Å². The summed E-state index contributed by atoms with van der Waals surface area (Å²) in [5, 5.41) is 8.95. The molecule has 0 aromatic carbocycles. The van der Waals surface area contributed by atoms with Crippen LogP contribution < -0.4 is 0 Å². The molecule has 0 spiro atoms. The van der Waals surface area contributed by atoms with Crippen LogP contribution in [-0.2, 0) is 14.3 Å².